The minimum Gasteiger partial charge on any atom is -0.340 e. The van der Waals surface area contributed by atoms with Crippen LogP contribution in [0.4, 0.5) is 0 Å². The average molecular weight is 389 g/mol. The molecule has 3 aromatic rings. The molecule has 0 spiro atoms. The Hall–Kier alpha value is -2.92. The molecule has 29 heavy (non-hydrogen) atoms. The largest absolute Gasteiger partial charge is 0.340 e. The van der Waals surface area contributed by atoms with Crippen molar-refractivity contribution in [3.05, 3.63) is 81.1 Å². The summed E-state index contributed by atoms with van der Waals surface area (Å²) in [6.07, 6.45) is 0.448. The topological polar surface area (TPSA) is 56.4 Å². The maximum Gasteiger partial charge on any atom is 0.252 e. The van der Waals surface area contributed by atoms with Gasteiger partial charge in [-0.3, -0.25) is 14.5 Å². The minimum absolute atomic E-state index is 0.0196. The van der Waals surface area contributed by atoms with E-state index < -0.39 is 0 Å². The summed E-state index contributed by atoms with van der Waals surface area (Å²) in [6.45, 7) is 7.68. The predicted molar refractivity (Wildman–Crippen MR) is 116 cm³/mol. The molecular formula is C24H27N3O2. The molecule has 2 heterocycles. The lowest BCUT2D eigenvalue weighted by Gasteiger charge is -2.34. The number of H-pyrrole nitrogens is 1. The number of aryl methyl sites for hydroxylation is 2. The van der Waals surface area contributed by atoms with Gasteiger partial charge in [-0.2, -0.15) is 0 Å². The van der Waals surface area contributed by atoms with Gasteiger partial charge in [-0.25, -0.2) is 0 Å². The highest BCUT2D eigenvalue weighted by molar-refractivity contribution is 5.83. The molecule has 0 bridgehead atoms. The van der Waals surface area contributed by atoms with Gasteiger partial charge in [-0.05, 0) is 42.0 Å². The van der Waals surface area contributed by atoms with E-state index in [-0.39, 0.29) is 11.5 Å². The van der Waals surface area contributed by atoms with Crippen molar-refractivity contribution in [2.24, 2.45) is 0 Å². The summed E-state index contributed by atoms with van der Waals surface area (Å²) in [4.78, 5) is 32.4. The van der Waals surface area contributed by atoms with Gasteiger partial charge < -0.3 is 9.88 Å². The van der Waals surface area contributed by atoms with Crippen LogP contribution in [0.15, 0.2) is 53.3 Å². The lowest BCUT2D eigenvalue weighted by Crippen LogP contribution is -2.49. The first-order valence-corrected chi connectivity index (χ1v) is 10.2. The molecule has 0 atom stereocenters. The lowest BCUT2D eigenvalue weighted by atomic mass is 10.0. The molecule has 1 aromatic heterocycles. The average Bonchev–Trinajstić information content (AvgIpc) is 2.73. The third-order valence-electron chi connectivity index (χ3n) is 5.95. The number of piperazine rings is 1. The predicted octanol–water partition coefficient (Wildman–Crippen LogP) is 3.03. The number of carbonyl (C=O) groups excluding carboxylic acids is 1. The zero-order valence-corrected chi connectivity index (χ0v) is 17.1. The van der Waals surface area contributed by atoms with E-state index in [2.05, 4.69) is 28.9 Å². The maximum atomic E-state index is 12.6. The fraction of sp³-hybridized carbons (Fsp3) is 0.333. The van der Waals surface area contributed by atoms with Gasteiger partial charge >= 0.3 is 0 Å². The number of nitrogens with zero attached hydrogens (tertiary/aromatic N) is 2. The summed E-state index contributed by atoms with van der Waals surface area (Å²) in [5.41, 5.74) is 5.04. The number of benzene rings is 2. The first-order valence-electron chi connectivity index (χ1n) is 10.2. The van der Waals surface area contributed by atoms with Gasteiger partial charge in [0.1, 0.15) is 0 Å². The van der Waals surface area contributed by atoms with Crippen LogP contribution in [0.25, 0.3) is 10.9 Å². The molecule has 5 nitrogen and oxygen atoms in total. The third kappa shape index (κ3) is 4.25. The van der Waals surface area contributed by atoms with Crippen LogP contribution in [0, 0.1) is 13.8 Å². The molecular weight excluding hydrogens is 362 g/mol. The second kappa shape index (κ2) is 8.21. The van der Waals surface area contributed by atoms with Gasteiger partial charge in [-0.15, -0.1) is 0 Å². The number of hydrogen-bond donors (Lipinski definition) is 1. The summed E-state index contributed by atoms with van der Waals surface area (Å²) in [5.74, 6) is 0.172. The smallest absolute Gasteiger partial charge is 0.252 e. The Bertz CT molecular complexity index is 1080. The molecule has 5 heteroatoms. The van der Waals surface area contributed by atoms with Crippen LogP contribution in [0.1, 0.15) is 22.3 Å². The molecule has 1 N–H and O–H groups in total. The van der Waals surface area contributed by atoms with E-state index in [1.807, 2.05) is 48.2 Å². The van der Waals surface area contributed by atoms with E-state index in [9.17, 15) is 9.59 Å². The molecule has 1 fully saturated rings. The Labute approximate surface area is 171 Å². The Morgan fingerprint density at radius 3 is 2.45 bits per heavy atom. The minimum atomic E-state index is -0.0196. The highest BCUT2D eigenvalue weighted by atomic mass is 16.2. The number of nitrogens with one attached hydrogen (secondary N) is 1. The van der Waals surface area contributed by atoms with E-state index in [4.69, 9.17) is 0 Å². The van der Waals surface area contributed by atoms with Gasteiger partial charge in [0.15, 0.2) is 0 Å². The Morgan fingerprint density at radius 2 is 1.72 bits per heavy atom. The van der Waals surface area contributed by atoms with Crippen LogP contribution in [-0.2, 0) is 17.8 Å². The number of rotatable bonds is 4. The van der Waals surface area contributed by atoms with Gasteiger partial charge in [0.25, 0.3) is 5.56 Å². The molecule has 0 saturated carbocycles. The molecule has 1 aliphatic heterocycles. The second-order valence-electron chi connectivity index (χ2n) is 7.91. The van der Waals surface area contributed by atoms with E-state index in [1.165, 1.54) is 5.56 Å². The second-order valence-corrected chi connectivity index (χ2v) is 7.91. The van der Waals surface area contributed by atoms with Crippen molar-refractivity contribution in [1.29, 1.82) is 0 Å². The summed E-state index contributed by atoms with van der Waals surface area (Å²) < 4.78 is 0. The number of hydrogen-bond acceptors (Lipinski definition) is 3. The third-order valence-corrected chi connectivity index (χ3v) is 5.95. The van der Waals surface area contributed by atoms with Crippen LogP contribution < -0.4 is 5.56 Å². The van der Waals surface area contributed by atoms with Crippen molar-refractivity contribution in [3.63, 3.8) is 0 Å². The Morgan fingerprint density at radius 1 is 1.00 bits per heavy atom. The molecule has 1 amide bonds. The normalized spacial score (nSPS) is 15.0. The molecule has 0 unspecified atom stereocenters. The standard InChI is InChI=1S/C24H27N3O2/c1-17-8-9-20-15-21(24(29)25-23(20)18(17)2)16-26-10-12-27(13-11-26)22(28)14-19-6-4-3-5-7-19/h3-9,15H,10-14,16H2,1-2H3,(H,25,29). The Balaban J connectivity index is 1.39. The highest BCUT2D eigenvalue weighted by Crippen LogP contribution is 2.19. The number of carbonyl (C=O) groups is 1. The molecule has 4 rings (SSSR count). The van der Waals surface area contributed by atoms with E-state index in [0.717, 1.165) is 40.7 Å². The van der Waals surface area contributed by atoms with E-state index in [0.29, 0.717) is 26.1 Å². The molecule has 1 aliphatic rings. The maximum absolute atomic E-state index is 12.6. The first kappa shape index (κ1) is 19.4. The quantitative estimate of drug-likeness (QED) is 0.746. The summed E-state index contributed by atoms with van der Waals surface area (Å²) in [5, 5.41) is 1.07. The summed E-state index contributed by atoms with van der Waals surface area (Å²) in [6, 6.07) is 16.0. The first-order chi connectivity index (χ1) is 14.0. The van der Waals surface area contributed by atoms with Crippen molar-refractivity contribution in [3.8, 4) is 0 Å². The number of amides is 1. The van der Waals surface area contributed by atoms with Crippen LogP contribution in [-0.4, -0.2) is 46.9 Å². The van der Waals surface area contributed by atoms with Gasteiger partial charge in [0, 0.05) is 38.3 Å². The number of pyridine rings is 1. The molecule has 1 saturated heterocycles. The van der Waals surface area contributed by atoms with Crippen molar-refractivity contribution >= 4 is 16.8 Å². The number of aromatic amines is 1. The van der Waals surface area contributed by atoms with E-state index >= 15 is 0 Å². The molecule has 0 aliphatic carbocycles. The summed E-state index contributed by atoms with van der Waals surface area (Å²) in [7, 11) is 0. The van der Waals surface area contributed by atoms with E-state index in [1.54, 1.807) is 0 Å². The van der Waals surface area contributed by atoms with Gasteiger partial charge in [0.05, 0.1) is 11.9 Å². The monoisotopic (exact) mass is 389 g/mol. The fourth-order valence-corrected chi connectivity index (χ4v) is 3.97. The summed E-state index contributed by atoms with van der Waals surface area (Å²) >= 11 is 0. The highest BCUT2D eigenvalue weighted by Gasteiger charge is 2.22. The fourth-order valence-electron chi connectivity index (χ4n) is 3.97. The van der Waals surface area contributed by atoms with Crippen LogP contribution in [0.5, 0.6) is 0 Å². The number of aromatic nitrogens is 1. The zero-order valence-electron chi connectivity index (χ0n) is 17.1. The molecule has 150 valence electrons. The Kier molecular flexibility index (Phi) is 5.49. The van der Waals surface area contributed by atoms with Crippen molar-refractivity contribution < 1.29 is 4.79 Å². The zero-order chi connectivity index (χ0) is 20.4. The van der Waals surface area contributed by atoms with Crippen LogP contribution >= 0.6 is 0 Å². The van der Waals surface area contributed by atoms with Gasteiger partial charge in [0.2, 0.25) is 5.91 Å². The number of fused-ring (bicyclic) bond motifs is 1. The molecule has 2 aromatic carbocycles. The van der Waals surface area contributed by atoms with Crippen molar-refractivity contribution in [1.82, 2.24) is 14.8 Å². The van der Waals surface area contributed by atoms with Crippen LogP contribution in [0.3, 0.4) is 0 Å². The lowest BCUT2D eigenvalue weighted by molar-refractivity contribution is -0.132. The van der Waals surface area contributed by atoms with Crippen LogP contribution in [0.2, 0.25) is 0 Å². The van der Waals surface area contributed by atoms with Crippen molar-refractivity contribution in [2.45, 2.75) is 26.8 Å². The van der Waals surface area contributed by atoms with Gasteiger partial charge in [-0.1, -0.05) is 42.5 Å². The molecule has 0 radical (unpaired) electrons. The van der Waals surface area contributed by atoms with Crippen molar-refractivity contribution in [2.75, 3.05) is 26.2 Å². The SMILES string of the molecule is Cc1ccc2cc(CN3CCN(C(=O)Cc4ccccc4)CC3)c(=O)[nH]c2c1C.